The van der Waals surface area contributed by atoms with E-state index in [4.69, 9.17) is 23.7 Å². The summed E-state index contributed by atoms with van der Waals surface area (Å²) in [6.45, 7) is 23.2. The van der Waals surface area contributed by atoms with Gasteiger partial charge in [0.05, 0.1) is 22.7 Å². The number of hydrogen-bond acceptors (Lipinski definition) is 9. The van der Waals surface area contributed by atoms with Gasteiger partial charge >= 0.3 is 12.2 Å². The molecule has 0 aliphatic carbocycles. The number of nitrogens with one attached hydrogen (secondary N) is 2. The first-order chi connectivity index (χ1) is 24.9. The largest absolute Gasteiger partial charge is 0.465 e. The lowest BCUT2D eigenvalue weighted by molar-refractivity contribution is -0.100. The minimum atomic E-state index is -4.27. The molecule has 2 amide bonds. The maximum absolute atomic E-state index is 14.5. The van der Waals surface area contributed by atoms with Gasteiger partial charge in [-0.3, -0.25) is 5.32 Å². The molecule has 0 radical (unpaired) electrons. The molecule has 16 heteroatoms. The number of benzene rings is 2. The first-order valence-electron chi connectivity index (χ1n) is 18.5. The standard InChI is InChI=1S/C38H65N3O10SSi2/c1-29(2)25-41(52(45,46)31-17-18-34(33(24-31)39-36(42)43)49-27-47-19-21-53(6,7)8)26-35(50-28-48-20-22-54(9,10)11)32(23-30-15-13-12-14-16-30)40-37(44)51-38(3,4)5/h12-18,24,29,32,35,39H,19-23,25-28H2,1-11H3,(H,40,44)(H,42,43)/t32-,35+/m0/s1. The van der Waals surface area contributed by atoms with E-state index in [1.54, 1.807) is 20.8 Å². The molecule has 0 saturated heterocycles. The number of nitrogens with zero attached hydrogens (tertiary/aromatic N) is 1. The van der Waals surface area contributed by atoms with Crippen molar-refractivity contribution in [3.05, 3.63) is 54.1 Å². The summed E-state index contributed by atoms with van der Waals surface area (Å²) in [7, 11) is -6.99. The summed E-state index contributed by atoms with van der Waals surface area (Å²) in [5.74, 6) is 0.0215. The smallest absolute Gasteiger partial charge is 0.409 e. The molecular weight excluding hydrogens is 747 g/mol. The van der Waals surface area contributed by atoms with Crippen LogP contribution in [0, 0.1) is 5.92 Å². The van der Waals surface area contributed by atoms with Crippen molar-refractivity contribution in [2.75, 3.05) is 45.2 Å². The molecule has 0 aliphatic rings. The molecule has 0 heterocycles. The molecule has 0 aromatic heterocycles. The fraction of sp³-hybridized carbons (Fsp3) is 0.632. The van der Waals surface area contributed by atoms with Gasteiger partial charge in [0.1, 0.15) is 18.1 Å². The predicted octanol–water partition coefficient (Wildman–Crippen LogP) is 7.95. The van der Waals surface area contributed by atoms with Crippen LogP contribution in [0.2, 0.25) is 51.4 Å². The Kier molecular flexibility index (Phi) is 18.6. The fourth-order valence-electron chi connectivity index (χ4n) is 5.05. The monoisotopic (exact) mass is 811 g/mol. The van der Waals surface area contributed by atoms with Crippen LogP contribution < -0.4 is 15.4 Å². The molecule has 13 nitrogen and oxygen atoms in total. The van der Waals surface area contributed by atoms with Gasteiger partial charge in [0.15, 0.2) is 6.79 Å². The van der Waals surface area contributed by atoms with Crippen LogP contribution in [0.15, 0.2) is 53.4 Å². The summed E-state index contributed by atoms with van der Waals surface area (Å²) in [5.41, 5.74) is 0.0797. The number of rotatable bonds is 23. The molecule has 0 spiro atoms. The Morgan fingerprint density at radius 2 is 1.46 bits per heavy atom. The van der Waals surface area contributed by atoms with Gasteiger partial charge < -0.3 is 34.1 Å². The van der Waals surface area contributed by atoms with E-state index in [9.17, 15) is 23.1 Å². The first kappa shape index (κ1) is 47.2. The lowest BCUT2D eigenvalue weighted by atomic mass is 10.0. The number of hydrogen-bond donors (Lipinski definition) is 3. The quantitative estimate of drug-likeness (QED) is 0.0571. The van der Waals surface area contributed by atoms with Crippen LogP contribution in [0.3, 0.4) is 0 Å². The number of carbonyl (C=O) groups excluding carboxylic acids is 1. The van der Waals surface area contributed by atoms with Gasteiger partial charge in [-0.1, -0.05) is 83.5 Å². The van der Waals surface area contributed by atoms with Gasteiger partial charge in [-0.15, -0.1) is 0 Å². The van der Waals surface area contributed by atoms with E-state index < -0.39 is 56.1 Å². The van der Waals surface area contributed by atoms with Crippen molar-refractivity contribution in [3.63, 3.8) is 0 Å². The molecule has 0 aliphatic heterocycles. The minimum Gasteiger partial charge on any atom is -0.465 e. The normalized spacial score (nSPS) is 13.8. The second kappa shape index (κ2) is 21.3. The summed E-state index contributed by atoms with van der Waals surface area (Å²) < 4.78 is 59.6. The van der Waals surface area contributed by atoms with Crippen LogP contribution in [-0.2, 0) is 35.4 Å². The zero-order valence-corrected chi connectivity index (χ0v) is 37.0. The van der Waals surface area contributed by atoms with Crippen molar-refractivity contribution in [1.29, 1.82) is 0 Å². The number of carbonyl (C=O) groups is 2. The van der Waals surface area contributed by atoms with Gasteiger partial charge in [-0.05, 0) is 69.0 Å². The first-order valence-corrected chi connectivity index (χ1v) is 27.4. The highest BCUT2D eigenvalue weighted by molar-refractivity contribution is 7.89. The highest BCUT2D eigenvalue weighted by Gasteiger charge is 2.34. The van der Waals surface area contributed by atoms with Gasteiger partial charge in [-0.25, -0.2) is 18.0 Å². The van der Waals surface area contributed by atoms with Crippen molar-refractivity contribution in [3.8, 4) is 5.75 Å². The third kappa shape index (κ3) is 19.0. The van der Waals surface area contributed by atoms with E-state index in [2.05, 4.69) is 49.9 Å². The molecule has 2 aromatic rings. The molecule has 306 valence electrons. The summed E-state index contributed by atoms with van der Waals surface area (Å²) >= 11 is 0. The van der Waals surface area contributed by atoms with E-state index in [0.29, 0.717) is 19.6 Å². The Morgan fingerprint density at radius 3 is 2.00 bits per heavy atom. The van der Waals surface area contributed by atoms with Crippen molar-refractivity contribution < 1.29 is 46.8 Å². The van der Waals surface area contributed by atoms with Gasteiger partial charge in [0, 0.05) is 42.5 Å². The van der Waals surface area contributed by atoms with Crippen LogP contribution in [-0.4, -0.2) is 104 Å². The maximum Gasteiger partial charge on any atom is 0.409 e. The number of alkyl carbamates (subject to hydrolysis) is 1. The molecule has 0 fully saturated rings. The zero-order valence-electron chi connectivity index (χ0n) is 34.2. The van der Waals surface area contributed by atoms with Crippen LogP contribution in [0.25, 0.3) is 0 Å². The van der Waals surface area contributed by atoms with Crippen molar-refractivity contribution in [1.82, 2.24) is 9.62 Å². The molecule has 0 unspecified atom stereocenters. The van der Waals surface area contributed by atoms with E-state index >= 15 is 0 Å². The Balaban J connectivity index is 2.52. The molecule has 2 aromatic carbocycles. The van der Waals surface area contributed by atoms with Crippen LogP contribution >= 0.6 is 0 Å². The zero-order chi connectivity index (χ0) is 40.7. The Morgan fingerprint density at radius 1 is 0.870 bits per heavy atom. The Labute approximate surface area is 325 Å². The molecule has 54 heavy (non-hydrogen) atoms. The lowest BCUT2D eigenvalue weighted by Crippen LogP contribution is -2.53. The number of ether oxygens (including phenoxy) is 5. The molecule has 3 N–H and O–H groups in total. The third-order valence-corrected chi connectivity index (χ3v) is 13.1. The Bertz CT molecular complexity index is 1560. The van der Waals surface area contributed by atoms with Gasteiger partial charge in [0.2, 0.25) is 10.0 Å². The minimum absolute atomic E-state index is 0.0426. The molecule has 0 saturated carbocycles. The van der Waals surface area contributed by atoms with E-state index in [1.165, 1.54) is 22.5 Å². The summed E-state index contributed by atoms with van der Waals surface area (Å²) in [4.78, 5) is 24.8. The van der Waals surface area contributed by atoms with Crippen LogP contribution in [0.4, 0.5) is 15.3 Å². The third-order valence-electron chi connectivity index (χ3n) is 7.89. The van der Waals surface area contributed by atoms with Crippen LogP contribution in [0.1, 0.15) is 40.2 Å². The molecule has 2 rings (SSSR count). The Hall–Kier alpha value is -3.00. The topological polar surface area (TPSA) is 162 Å². The van der Waals surface area contributed by atoms with Crippen molar-refractivity contribution >= 4 is 44.0 Å². The fourth-order valence-corrected chi connectivity index (χ4v) is 8.21. The summed E-state index contributed by atoms with van der Waals surface area (Å²) in [5, 5.41) is 14.8. The number of carboxylic acid groups (broad SMARTS) is 1. The highest BCUT2D eigenvalue weighted by Crippen LogP contribution is 2.30. The molecular formula is C38H65N3O10SSi2. The lowest BCUT2D eigenvalue weighted by Gasteiger charge is -2.34. The second-order valence-corrected chi connectivity index (χ2v) is 30.4. The van der Waals surface area contributed by atoms with Gasteiger partial charge in [0.25, 0.3) is 0 Å². The second-order valence-electron chi connectivity index (χ2n) is 17.3. The maximum atomic E-state index is 14.5. The summed E-state index contributed by atoms with van der Waals surface area (Å²) in [6, 6.07) is 14.7. The number of amides is 2. The van der Waals surface area contributed by atoms with Crippen molar-refractivity contribution in [2.45, 2.75) is 115 Å². The summed E-state index contributed by atoms with van der Waals surface area (Å²) in [6.07, 6.45) is -2.62. The van der Waals surface area contributed by atoms with Crippen LogP contribution in [0.5, 0.6) is 5.75 Å². The average molecular weight is 812 g/mol. The molecule has 2 atom stereocenters. The van der Waals surface area contributed by atoms with E-state index in [1.807, 2.05) is 44.2 Å². The SMILES string of the molecule is CC(C)CN(C[C@@H](OCOCC[Si](C)(C)C)[C@H](Cc1ccccc1)NC(=O)OC(C)(C)C)S(=O)(=O)c1ccc(OCOCC[Si](C)(C)C)c(NC(=O)O)c1. The highest BCUT2D eigenvalue weighted by atomic mass is 32.2. The number of sulfonamides is 1. The average Bonchev–Trinajstić information content (AvgIpc) is 3.01. The van der Waals surface area contributed by atoms with Gasteiger partial charge in [-0.2, -0.15) is 4.31 Å². The molecule has 0 bridgehead atoms. The van der Waals surface area contributed by atoms with Crippen molar-refractivity contribution in [2.24, 2.45) is 5.92 Å². The van der Waals surface area contributed by atoms with E-state index in [0.717, 1.165) is 17.7 Å². The number of anilines is 1. The van der Waals surface area contributed by atoms with E-state index in [-0.39, 0.29) is 48.9 Å². The predicted molar refractivity (Wildman–Crippen MR) is 218 cm³/mol.